The van der Waals surface area contributed by atoms with Crippen molar-refractivity contribution in [3.05, 3.63) is 23.2 Å². The Morgan fingerprint density at radius 2 is 2.14 bits per heavy atom. The van der Waals surface area contributed by atoms with E-state index >= 15 is 0 Å². The van der Waals surface area contributed by atoms with E-state index in [1.54, 1.807) is 0 Å². The van der Waals surface area contributed by atoms with Crippen molar-refractivity contribution in [2.24, 2.45) is 17.8 Å². The molecule has 0 amide bonds. The lowest BCUT2D eigenvalue weighted by molar-refractivity contribution is -1.19. The Labute approximate surface area is 166 Å². The molecule has 4 aliphatic rings. The monoisotopic (exact) mass is 395 g/mol. The maximum absolute atomic E-state index is 12.0. The highest BCUT2D eigenvalue weighted by atomic mass is 17.0. The smallest absolute Gasteiger partial charge is 0.168 e. The summed E-state index contributed by atoms with van der Waals surface area (Å²) in [6.45, 7) is 16.0. The van der Waals surface area contributed by atoms with E-state index in [-0.39, 0.29) is 46.4 Å². The molecule has 6 unspecified atom stereocenters. The van der Waals surface area contributed by atoms with Crippen LogP contribution in [0.4, 0.5) is 0 Å². The summed E-state index contributed by atoms with van der Waals surface area (Å²) < 4.78 is 0. The number of rotatable bonds is 4. The first-order valence-electron chi connectivity index (χ1n) is 10.1. The highest BCUT2D eigenvalue weighted by Gasteiger charge is 2.66. The second-order valence-corrected chi connectivity index (χ2v) is 10.2. The molecule has 2 aliphatic heterocycles. The van der Waals surface area contributed by atoms with E-state index < -0.39 is 5.54 Å². The minimum absolute atomic E-state index is 0.0300. The Morgan fingerprint density at radius 3 is 2.71 bits per heavy atom. The predicted molar refractivity (Wildman–Crippen MR) is 101 cm³/mol. The molecule has 2 aliphatic carbocycles. The third-order valence-corrected chi connectivity index (χ3v) is 7.09. The number of hydroxylamine groups is 2. The largest absolute Gasteiger partial charge is 0.762 e. The second-order valence-electron chi connectivity index (χ2n) is 10.2. The molecular weight excluding hydrogens is 362 g/mol. The molecule has 2 bridgehead atoms. The summed E-state index contributed by atoms with van der Waals surface area (Å²) in [6.07, 6.45) is 0.945. The van der Waals surface area contributed by atoms with E-state index in [4.69, 9.17) is 9.68 Å². The van der Waals surface area contributed by atoms with Gasteiger partial charge in [-0.1, -0.05) is 6.58 Å². The van der Waals surface area contributed by atoms with Crippen LogP contribution in [0.15, 0.2) is 18.0 Å². The first-order valence-corrected chi connectivity index (χ1v) is 10.1. The third kappa shape index (κ3) is 2.70. The third-order valence-electron chi connectivity index (χ3n) is 7.09. The van der Waals surface area contributed by atoms with Gasteiger partial charge in [0.1, 0.15) is 17.9 Å². The van der Waals surface area contributed by atoms with Gasteiger partial charge < -0.3 is 10.0 Å². The van der Waals surface area contributed by atoms with Crippen molar-refractivity contribution in [1.29, 1.82) is 0 Å². The molecule has 4 rings (SSSR count). The van der Waals surface area contributed by atoms with Crippen LogP contribution in [0.2, 0.25) is 0 Å². The molecule has 0 aromatic heterocycles. The van der Waals surface area contributed by atoms with E-state index in [9.17, 15) is 10.4 Å². The Balaban J connectivity index is 1.64. The van der Waals surface area contributed by atoms with Crippen molar-refractivity contribution in [2.75, 3.05) is 0 Å². The number of hydrogen-bond donors (Lipinski definition) is 3. The summed E-state index contributed by atoms with van der Waals surface area (Å²) in [5.41, 5.74) is 9.66. The maximum atomic E-state index is 12.0. The standard InChI is InChI=1S/C19H33N5O4/c1-8-14-11(2)19(6,7)24(20-14,21-18(3,4)5)23(26)28-16-12-9-13-15(10-12)22(25)27-17(13)16/h11-13,15-17,20-21,26H,1,9-10H2,2-7H3/t11?,12?,13?,15?,16-,17?,24?/m0/s1. The molecule has 9 heteroatoms. The summed E-state index contributed by atoms with van der Waals surface area (Å²) in [6, 6.07) is -0.0745. The summed E-state index contributed by atoms with van der Waals surface area (Å²) >= 11 is 0. The molecule has 158 valence electrons. The molecule has 2 heterocycles. The molecule has 0 aromatic rings. The minimum atomic E-state index is -0.524. The van der Waals surface area contributed by atoms with Crippen LogP contribution in [0.3, 0.4) is 0 Å². The van der Waals surface area contributed by atoms with Crippen LogP contribution in [0.5, 0.6) is 0 Å². The molecule has 0 spiro atoms. The molecule has 0 aromatic carbocycles. The van der Waals surface area contributed by atoms with Gasteiger partial charge in [0, 0.05) is 12.0 Å². The first-order chi connectivity index (χ1) is 12.9. The van der Waals surface area contributed by atoms with Gasteiger partial charge in [0.05, 0.1) is 11.5 Å². The molecule has 9 nitrogen and oxygen atoms in total. The van der Waals surface area contributed by atoms with Crippen molar-refractivity contribution < 1.29 is 19.7 Å². The lowest BCUT2D eigenvalue weighted by Gasteiger charge is -2.47. The van der Waals surface area contributed by atoms with Gasteiger partial charge in [-0.15, -0.1) is 11.2 Å². The van der Waals surface area contributed by atoms with E-state index in [2.05, 4.69) is 30.1 Å². The Hall–Kier alpha value is -1.00. The van der Waals surface area contributed by atoms with E-state index in [1.807, 2.05) is 34.6 Å². The van der Waals surface area contributed by atoms with Gasteiger partial charge in [-0.25, -0.2) is 10.0 Å². The predicted octanol–water partition coefficient (Wildman–Crippen LogP) is 2.14. The zero-order valence-corrected chi connectivity index (χ0v) is 17.6. The maximum Gasteiger partial charge on any atom is 0.168 e. The average molecular weight is 396 g/mol. The van der Waals surface area contributed by atoms with Gasteiger partial charge >= 0.3 is 0 Å². The van der Waals surface area contributed by atoms with Crippen LogP contribution in [0, 0.1) is 23.0 Å². The first kappa shape index (κ1) is 20.3. The van der Waals surface area contributed by atoms with Gasteiger partial charge in [0.2, 0.25) is 0 Å². The van der Waals surface area contributed by atoms with Crippen molar-refractivity contribution in [1.82, 2.24) is 21.4 Å². The molecule has 3 N–H and O–H groups in total. The molecular formula is C19H33N5O4. The van der Waals surface area contributed by atoms with E-state index in [0.29, 0.717) is 0 Å². The van der Waals surface area contributed by atoms with E-state index in [1.165, 1.54) is 0 Å². The van der Waals surface area contributed by atoms with E-state index in [0.717, 1.165) is 29.1 Å². The topological polar surface area (TPSA) is 92.3 Å². The molecule has 7 atom stereocenters. The zero-order chi connectivity index (χ0) is 20.6. The quantitative estimate of drug-likeness (QED) is 0.379. The van der Waals surface area contributed by atoms with Gasteiger partial charge in [-0.05, 0) is 65.1 Å². The van der Waals surface area contributed by atoms with Crippen LogP contribution in [0.1, 0.15) is 54.4 Å². The SMILES string of the molecule is C=C=C1N[N+](NC(C)(C)C)(N(O)O[C@H]2C3CC4C2ON([O-])C4C3)C(C)(C)C1C. The normalized spacial score (nSPS) is 44.4. The Bertz CT molecular complexity index is 703. The summed E-state index contributed by atoms with van der Waals surface area (Å²) in [5, 5.41) is 24.8. The highest BCUT2D eigenvalue weighted by Crippen LogP contribution is 2.54. The van der Waals surface area contributed by atoms with Crippen LogP contribution in [0.25, 0.3) is 0 Å². The fourth-order valence-corrected chi connectivity index (χ4v) is 5.33. The number of quaternary nitrogens is 1. The minimum Gasteiger partial charge on any atom is -0.762 e. The average Bonchev–Trinajstić information content (AvgIpc) is 3.25. The number of nitrogens with zero attached hydrogens (tertiary/aromatic N) is 3. The van der Waals surface area contributed by atoms with Crippen molar-refractivity contribution >= 4 is 0 Å². The summed E-state index contributed by atoms with van der Waals surface area (Å²) in [4.78, 5) is 11.4. The van der Waals surface area contributed by atoms with Crippen molar-refractivity contribution in [3.8, 4) is 0 Å². The summed E-state index contributed by atoms with van der Waals surface area (Å²) in [7, 11) is 0. The van der Waals surface area contributed by atoms with Crippen molar-refractivity contribution in [3.63, 3.8) is 0 Å². The Kier molecular flexibility index (Phi) is 4.53. The van der Waals surface area contributed by atoms with Gasteiger partial charge in [0.15, 0.2) is 10.9 Å². The number of fused-ring (bicyclic) bond motifs is 1. The molecule has 2 saturated heterocycles. The van der Waals surface area contributed by atoms with Gasteiger partial charge in [0.25, 0.3) is 0 Å². The fourth-order valence-electron chi connectivity index (χ4n) is 5.33. The number of nitrogens with one attached hydrogen (secondary N) is 2. The Morgan fingerprint density at radius 1 is 1.46 bits per heavy atom. The molecule has 2 saturated carbocycles. The molecule has 28 heavy (non-hydrogen) atoms. The van der Waals surface area contributed by atoms with Gasteiger partial charge in [-0.3, -0.25) is 5.23 Å². The van der Waals surface area contributed by atoms with Crippen LogP contribution < -0.4 is 10.9 Å². The van der Waals surface area contributed by atoms with Gasteiger partial charge in [-0.2, -0.15) is 5.43 Å². The fraction of sp³-hybridized carbons (Fsp3) is 0.842. The highest BCUT2D eigenvalue weighted by molar-refractivity contribution is 5.10. The van der Waals surface area contributed by atoms with Crippen LogP contribution in [-0.2, 0) is 9.68 Å². The van der Waals surface area contributed by atoms with Crippen LogP contribution in [-0.4, -0.2) is 49.9 Å². The molecule has 0 radical (unpaired) electrons. The lowest BCUT2D eigenvalue weighted by Crippen LogP contribution is -2.80. The molecule has 4 fully saturated rings. The number of hydrogen-bond acceptors (Lipinski definition) is 8. The van der Waals surface area contributed by atoms with Crippen molar-refractivity contribution in [2.45, 2.75) is 83.7 Å². The zero-order valence-electron chi connectivity index (χ0n) is 17.6. The van der Waals surface area contributed by atoms with Crippen LogP contribution >= 0.6 is 0 Å². The lowest BCUT2D eigenvalue weighted by atomic mass is 9.88. The second kappa shape index (κ2) is 6.25. The summed E-state index contributed by atoms with van der Waals surface area (Å²) in [5.74, 6) is 0.398.